The minimum absolute atomic E-state index is 0.185. The van der Waals surface area contributed by atoms with Crippen LogP contribution in [-0.2, 0) is 17.5 Å². The van der Waals surface area contributed by atoms with Crippen LogP contribution in [0.1, 0.15) is 34.3 Å². The third kappa shape index (κ3) is 8.74. The van der Waals surface area contributed by atoms with Gasteiger partial charge in [0.05, 0.1) is 12.1 Å². The summed E-state index contributed by atoms with van der Waals surface area (Å²) < 4.78 is 79.5. The number of hydrogen-bond acceptors (Lipinski definition) is 4. The van der Waals surface area contributed by atoms with Crippen LogP contribution in [0.15, 0.2) is 48.5 Å². The van der Waals surface area contributed by atoms with Crippen molar-refractivity contribution in [2.45, 2.75) is 31.9 Å². The Bertz CT molecular complexity index is 1050. The van der Waals surface area contributed by atoms with E-state index < -0.39 is 29.9 Å². The van der Waals surface area contributed by atoms with Crippen molar-refractivity contribution >= 4 is 11.8 Å². The minimum Gasteiger partial charge on any atom is -0.406 e. The number of carbonyl (C=O) groups excluding carboxylic acids is 2. The number of carbonyl (C=O) groups is 2. The molecule has 6 nitrogen and oxygen atoms in total. The number of alkyl halides is 6. The summed E-state index contributed by atoms with van der Waals surface area (Å²) in [4.78, 5) is 26.3. The van der Waals surface area contributed by atoms with Crippen molar-refractivity contribution in [2.24, 2.45) is 5.92 Å². The summed E-state index contributed by atoms with van der Waals surface area (Å²) in [5.74, 6) is -1.32. The third-order valence-corrected chi connectivity index (χ3v) is 5.69. The van der Waals surface area contributed by atoms with Gasteiger partial charge in [-0.2, -0.15) is 13.2 Å². The average molecular weight is 517 g/mol. The second-order valence-corrected chi connectivity index (χ2v) is 8.48. The van der Waals surface area contributed by atoms with Crippen LogP contribution >= 0.6 is 0 Å². The lowest BCUT2D eigenvalue weighted by atomic mass is 9.96. The van der Waals surface area contributed by atoms with Crippen molar-refractivity contribution in [2.75, 3.05) is 26.2 Å². The largest absolute Gasteiger partial charge is 0.573 e. The smallest absolute Gasteiger partial charge is 0.406 e. The molecule has 36 heavy (non-hydrogen) atoms. The lowest BCUT2D eigenvalue weighted by Gasteiger charge is -2.32. The zero-order valence-electron chi connectivity index (χ0n) is 19.1. The second-order valence-electron chi connectivity index (χ2n) is 8.48. The molecule has 0 radical (unpaired) electrons. The maximum absolute atomic E-state index is 12.8. The molecular formula is C24H25F6N3O3. The molecule has 1 fully saturated rings. The Morgan fingerprint density at radius 1 is 0.944 bits per heavy atom. The van der Waals surface area contributed by atoms with Crippen molar-refractivity contribution in [3.8, 4) is 5.75 Å². The number of benzene rings is 2. The predicted molar refractivity (Wildman–Crippen MR) is 118 cm³/mol. The second kappa shape index (κ2) is 11.6. The SMILES string of the molecule is O=C(CNC(=O)c1cccc(C(F)(F)F)c1)NCC1CCN(Cc2cccc(OC(F)(F)F)c2)CC1. The van der Waals surface area contributed by atoms with Gasteiger partial charge in [0.15, 0.2) is 0 Å². The van der Waals surface area contributed by atoms with Gasteiger partial charge in [0.1, 0.15) is 5.75 Å². The van der Waals surface area contributed by atoms with Gasteiger partial charge in [-0.3, -0.25) is 14.5 Å². The zero-order valence-corrected chi connectivity index (χ0v) is 19.1. The molecule has 2 amide bonds. The van der Waals surface area contributed by atoms with Crippen molar-refractivity contribution in [1.82, 2.24) is 15.5 Å². The number of nitrogens with zero attached hydrogens (tertiary/aromatic N) is 1. The van der Waals surface area contributed by atoms with Crippen molar-refractivity contribution < 1.29 is 40.7 Å². The number of rotatable bonds is 8. The van der Waals surface area contributed by atoms with E-state index in [1.54, 1.807) is 6.07 Å². The summed E-state index contributed by atoms with van der Waals surface area (Å²) in [5, 5.41) is 5.02. The van der Waals surface area contributed by atoms with Crippen LogP contribution in [0, 0.1) is 5.92 Å². The molecule has 0 atom stereocenters. The number of nitrogens with one attached hydrogen (secondary N) is 2. The van der Waals surface area contributed by atoms with Crippen molar-refractivity contribution in [1.29, 1.82) is 0 Å². The van der Waals surface area contributed by atoms with Crippen LogP contribution in [0.4, 0.5) is 26.3 Å². The van der Waals surface area contributed by atoms with Gasteiger partial charge in [-0.15, -0.1) is 13.2 Å². The first-order chi connectivity index (χ1) is 16.9. The topological polar surface area (TPSA) is 70.7 Å². The van der Waals surface area contributed by atoms with E-state index in [0.717, 1.165) is 31.0 Å². The van der Waals surface area contributed by atoms with Crippen LogP contribution in [0.5, 0.6) is 5.75 Å². The minimum atomic E-state index is -4.75. The highest BCUT2D eigenvalue weighted by Crippen LogP contribution is 2.29. The van der Waals surface area contributed by atoms with E-state index >= 15 is 0 Å². The third-order valence-electron chi connectivity index (χ3n) is 5.69. The maximum atomic E-state index is 12.8. The van der Waals surface area contributed by atoms with Gasteiger partial charge in [-0.25, -0.2) is 0 Å². The monoisotopic (exact) mass is 517 g/mol. The van der Waals surface area contributed by atoms with Crippen LogP contribution in [0.25, 0.3) is 0 Å². The Kier molecular flexibility index (Phi) is 8.83. The Balaban J connectivity index is 1.37. The molecule has 2 aromatic rings. The van der Waals surface area contributed by atoms with E-state index in [9.17, 15) is 35.9 Å². The Labute approximate surface area is 203 Å². The highest BCUT2D eigenvalue weighted by Gasteiger charge is 2.32. The van der Waals surface area contributed by atoms with E-state index in [0.29, 0.717) is 31.7 Å². The predicted octanol–water partition coefficient (Wildman–Crippen LogP) is 4.36. The molecule has 0 spiro atoms. The van der Waals surface area contributed by atoms with Gasteiger partial charge >= 0.3 is 12.5 Å². The Hall–Kier alpha value is -3.28. The first-order valence-electron chi connectivity index (χ1n) is 11.2. The molecule has 1 heterocycles. The number of halogens is 6. The highest BCUT2D eigenvalue weighted by atomic mass is 19.4. The Morgan fingerprint density at radius 3 is 2.31 bits per heavy atom. The number of likely N-dealkylation sites (tertiary alicyclic amines) is 1. The summed E-state index contributed by atoms with van der Waals surface area (Å²) in [5.41, 5.74) is -0.450. The standard InChI is InChI=1S/C24H25F6N3O3/c25-23(26,27)19-5-2-4-18(12-19)22(35)32-14-21(34)31-13-16-7-9-33(10-8-16)15-17-3-1-6-20(11-17)36-24(28,29)30/h1-6,11-12,16H,7-10,13-15H2,(H,31,34)(H,32,35). The van der Waals surface area contributed by atoms with Crippen LogP contribution in [0.3, 0.4) is 0 Å². The number of piperidine rings is 1. The van der Waals surface area contributed by atoms with Gasteiger partial charge < -0.3 is 15.4 Å². The summed E-state index contributed by atoms with van der Waals surface area (Å²) in [6.07, 6.45) is -7.80. The summed E-state index contributed by atoms with van der Waals surface area (Å²) in [7, 11) is 0. The van der Waals surface area contributed by atoms with E-state index in [2.05, 4.69) is 20.3 Å². The quantitative estimate of drug-likeness (QED) is 0.511. The van der Waals surface area contributed by atoms with E-state index in [-0.39, 0.29) is 23.8 Å². The molecule has 0 aliphatic carbocycles. The van der Waals surface area contributed by atoms with Gasteiger partial charge in [0.2, 0.25) is 5.91 Å². The van der Waals surface area contributed by atoms with Crippen molar-refractivity contribution in [3.63, 3.8) is 0 Å². The molecule has 1 saturated heterocycles. The molecule has 0 saturated carbocycles. The summed E-state index contributed by atoms with van der Waals surface area (Å²) in [6.45, 7) is 1.86. The van der Waals surface area contributed by atoms with Crippen LogP contribution in [0.2, 0.25) is 0 Å². The van der Waals surface area contributed by atoms with Crippen LogP contribution < -0.4 is 15.4 Å². The highest BCUT2D eigenvalue weighted by molar-refractivity contribution is 5.96. The first kappa shape index (κ1) is 27.3. The number of ether oxygens (including phenoxy) is 1. The van der Waals surface area contributed by atoms with E-state index in [4.69, 9.17) is 0 Å². The molecule has 0 unspecified atom stereocenters. The molecule has 1 aliphatic rings. The fourth-order valence-corrected chi connectivity index (χ4v) is 3.87. The Morgan fingerprint density at radius 2 is 1.64 bits per heavy atom. The molecule has 0 bridgehead atoms. The average Bonchev–Trinajstić information content (AvgIpc) is 2.81. The van der Waals surface area contributed by atoms with Crippen LogP contribution in [-0.4, -0.2) is 49.3 Å². The van der Waals surface area contributed by atoms with Gasteiger partial charge in [-0.05, 0) is 67.7 Å². The fraction of sp³-hybridized carbons (Fsp3) is 0.417. The molecule has 3 rings (SSSR count). The first-order valence-corrected chi connectivity index (χ1v) is 11.2. The summed E-state index contributed by atoms with van der Waals surface area (Å²) in [6, 6.07) is 9.76. The zero-order chi connectivity index (χ0) is 26.3. The number of amides is 2. The van der Waals surface area contributed by atoms with E-state index in [1.165, 1.54) is 24.3 Å². The molecule has 0 aromatic heterocycles. The number of hydrogen-bond donors (Lipinski definition) is 2. The molecule has 2 aromatic carbocycles. The molecule has 196 valence electrons. The van der Waals surface area contributed by atoms with Gasteiger partial charge in [0, 0.05) is 18.7 Å². The summed E-state index contributed by atoms with van der Waals surface area (Å²) >= 11 is 0. The fourth-order valence-electron chi connectivity index (χ4n) is 3.87. The molecular weight excluding hydrogens is 492 g/mol. The van der Waals surface area contributed by atoms with Crippen molar-refractivity contribution in [3.05, 3.63) is 65.2 Å². The lowest BCUT2D eigenvalue weighted by Crippen LogP contribution is -2.41. The van der Waals surface area contributed by atoms with E-state index in [1.807, 2.05) is 0 Å². The van der Waals surface area contributed by atoms with Gasteiger partial charge in [0.25, 0.3) is 5.91 Å². The molecule has 1 aliphatic heterocycles. The molecule has 12 heteroatoms. The van der Waals surface area contributed by atoms with Gasteiger partial charge in [-0.1, -0.05) is 18.2 Å². The normalized spacial score (nSPS) is 15.4. The molecule has 2 N–H and O–H groups in total. The maximum Gasteiger partial charge on any atom is 0.573 e. The lowest BCUT2D eigenvalue weighted by molar-refractivity contribution is -0.274.